The molecule has 0 aliphatic heterocycles. The summed E-state index contributed by atoms with van der Waals surface area (Å²) in [5.41, 5.74) is -1.53. The molecule has 4 heteroatoms. The third-order valence-electron chi connectivity index (χ3n) is 2.19. The second-order valence-corrected chi connectivity index (χ2v) is 4.16. The van der Waals surface area contributed by atoms with Crippen LogP contribution in [0.3, 0.4) is 0 Å². The molecule has 0 spiro atoms. The lowest BCUT2D eigenvalue weighted by atomic mass is 9.94. The minimum atomic E-state index is -0.966. The van der Waals surface area contributed by atoms with Gasteiger partial charge in [0.05, 0.1) is 6.61 Å². The third-order valence-corrected chi connectivity index (χ3v) is 2.19. The highest BCUT2D eigenvalue weighted by Gasteiger charge is 2.35. The summed E-state index contributed by atoms with van der Waals surface area (Å²) in [6.45, 7) is 6.87. The van der Waals surface area contributed by atoms with Gasteiger partial charge in [-0.15, -0.1) is 0 Å². The molecule has 0 heterocycles. The third kappa shape index (κ3) is 3.32. The molecule has 4 nitrogen and oxygen atoms in total. The molecular weight excluding hydrogens is 170 g/mol. The van der Waals surface area contributed by atoms with Crippen LogP contribution in [0.25, 0.3) is 0 Å². The van der Waals surface area contributed by atoms with Crippen molar-refractivity contribution in [3.8, 4) is 0 Å². The Morgan fingerprint density at radius 1 is 1.38 bits per heavy atom. The summed E-state index contributed by atoms with van der Waals surface area (Å²) in [5, 5.41) is 20.8. The molecule has 0 rings (SSSR count). The van der Waals surface area contributed by atoms with Crippen LogP contribution in [0.4, 0.5) is 0 Å². The Bertz CT molecular complexity index is 191. The van der Waals surface area contributed by atoms with Crippen molar-refractivity contribution >= 4 is 5.97 Å². The van der Waals surface area contributed by atoms with E-state index in [4.69, 9.17) is 10.2 Å². The average molecular weight is 189 g/mol. The van der Waals surface area contributed by atoms with E-state index in [2.05, 4.69) is 5.32 Å². The van der Waals surface area contributed by atoms with Crippen LogP contribution in [-0.2, 0) is 4.79 Å². The van der Waals surface area contributed by atoms with Gasteiger partial charge in [-0.25, -0.2) is 0 Å². The molecule has 0 fully saturated rings. The quantitative estimate of drug-likeness (QED) is 0.592. The van der Waals surface area contributed by atoms with Crippen LogP contribution in [0.5, 0.6) is 0 Å². The standard InChI is InChI=1S/C9H19NO3/c1-5-9(4,7(12)13)10-8(2,3)6-11/h10-11H,5-6H2,1-4H3,(H,12,13). The molecular formula is C9H19NO3. The number of nitrogens with one attached hydrogen (secondary N) is 1. The Labute approximate surface area is 79.0 Å². The minimum Gasteiger partial charge on any atom is -0.480 e. The van der Waals surface area contributed by atoms with Crippen molar-refractivity contribution in [2.24, 2.45) is 0 Å². The fourth-order valence-corrected chi connectivity index (χ4v) is 1.08. The topological polar surface area (TPSA) is 69.6 Å². The van der Waals surface area contributed by atoms with Gasteiger partial charge in [0, 0.05) is 5.54 Å². The van der Waals surface area contributed by atoms with E-state index in [-0.39, 0.29) is 6.61 Å². The molecule has 78 valence electrons. The number of carboxylic acids is 1. The van der Waals surface area contributed by atoms with Gasteiger partial charge in [0.25, 0.3) is 0 Å². The van der Waals surface area contributed by atoms with Crippen molar-refractivity contribution in [1.82, 2.24) is 5.32 Å². The van der Waals surface area contributed by atoms with E-state index < -0.39 is 17.0 Å². The van der Waals surface area contributed by atoms with Crippen molar-refractivity contribution in [3.63, 3.8) is 0 Å². The predicted molar refractivity (Wildman–Crippen MR) is 50.6 cm³/mol. The van der Waals surface area contributed by atoms with Gasteiger partial charge in [-0.2, -0.15) is 0 Å². The smallest absolute Gasteiger partial charge is 0.323 e. The van der Waals surface area contributed by atoms with E-state index in [0.29, 0.717) is 6.42 Å². The molecule has 0 aliphatic rings. The number of aliphatic hydroxyl groups is 1. The first kappa shape index (κ1) is 12.4. The second kappa shape index (κ2) is 4.07. The van der Waals surface area contributed by atoms with Crippen molar-refractivity contribution in [2.45, 2.75) is 45.2 Å². The zero-order chi connectivity index (χ0) is 10.7. The summed E-state index contributed by atoms with van der Waals surface area (Å²) in [6.07, 6.45) is 0.478. The summed E-state index contributed by atoms with van der Waals surface area (Å²) in [7, 11) is 0. The highest BCUT2D eigenvalue weighted by molar-refractivity contribution is 5.78. The maximum absolute atomic E-state index is 10.9. The van der Waals surface area contributed by atoms with Gasteiger partial charge in [0.1, 0.15) is 5.54 Å². The molecule has 0 amide bonds. The lowest BCUT2D eigenvalue weighted by Crippen LogP contribution is -2.59. The molecule has 3 N–H and O–H groups in total. The first-order chi connectivity index (χ1) is 5.77. The summed E-state index contributed by atoms with van der Waals surface area (Å²) < 4.78 is 0. The Balaban J connectivity index is 4.54. The van der Waals surface area contributed by atoms with Gasteiger partial charge in [0.2, 0.25) is 0 Å². The molecule has 13 heavy (non-hydrogen) atoms. The van der Waals surface area contributed by atoms with Gasteiger partial charge in [-0.05, 0) is 27.2 Å². The van der Waals surface area contributed by atoms with Crippen molar-refractivity contribution < 1.29 is 15.0 Å². The van der Waals surface area contributed by atoms with Gasteiger partial charge < -0.3 is 10.2 Å². The number of hydrogen-bond donors (Lipinski definition) is 3. The van der Waals surface area contributed by atoms with Gasteiger partial charge in [0.15, 0.2) is 0 Å². The number of carbonyl (C=O) groups is 1. The van der Waals surface area contributed by atoms with E-state index in [0.717, 1.165) is 0 Å². The molecule has 1 atom stereocenters. The van der Waals surface area contributed by atoms with Gasteiger partial charge in [-0.3, -0.25) is 10.1 Å². The Hall–Kier alpha value is -0.610. The maximum Gasteiger partial charge on any atom is 0.323 e. The zero-order valence-corrected chi connectivity index (χ0v) is 8.72. The average Bonchev–Trinajstić information content (AvgIpc) is 2.03. The number of carboxylic acid groups (broad SMARTS) is 1. The van der Waals surface area contributed by atoms with E-state index in [1.165, 1.54) is 0 Å². The first-order valence-electron chi connectivity index (χ1n) is 4.41. The molecule has 0 saturated heterocycles. The van der Waals surface area contributed by atoms with Crippen LogP contribution in [0, 0.1) is 0 Å². The van der Waals surface area contributed by atoms with Crippen LogP contribution in [-0.4, -0.2) is 33.9 Å². The molecule has 0 aromatic heterocycles. The van der Waals surface area contributed by atoms with Crippen LogP contribution in [0.1, 0.15) is 34.1 Å². The van der Waals surface area contributed by atoms with E-state index in [1.807, 2.05) is 0 Å². The minimum absolute atomic E-state index is 0.0874. The normalized spacial score (nSPS) is 16.7. The van der Waals surface area contributed by atoms with Crippen LogP contribution in [0.15, 0.2) is 0 Å². The first-order valence-corrected chi connectivity index (χ1v) is 4.41. The summed E-state index contributed by atoms with van der Waals surface area (Å²) in [5.74, 6) is -0.892. The highest BCUT2D eigenvalue weighted by Crippen LogP contribution is 2.15. The number of rotatable bonds is 5. The van der Waals surface area contributed by atoms with Crippen LogP contribution < -0.4 is 5.32 Å². The van der Waals surface area contributed by atoms with E-state index in [9.17, 15) is 4.79 Å². The van der Waals surface area contributed by atoms with Crippen molar-refractivity contribution in [2.75, 3.05) is 6.61 Å². The Morgan fingerprint density at radius 3 is 2.08 bits per heavy atom. The number of aliphatic hydroxyl groups excluding tert-OH is 1. The monoisotopic (exact) mass is 189 g/mol. The largest absolute Gasteiger partial charge is 0.480 e. The summed E-state index contributed by atoms with van der Waals surface area (Å²) >= 11 is 0. The summed E-state index contributed by atoms with van der Waals surface area (Å²) in [6, 6.07) is 0. The lowest BCUT2D eigenvalue weighted by molar-refractivity contribution is -0.145. The van der Waals surface area contributed by atoms with E-state index in [1.54, 1.807) is 27.7 Å². The fourth-order valence-electron chi connectivity index (χ4n) is 1.08. The lowest BCUT2D eigenvalue weighted by Gasteiger charge is -2.34. The Kier molecular flexibility index (Phi) is 3.88. The second-order valence-electron chi connectivity index (χ2n) is 4.16. The highest BCUT2D eigenvalue weighted by atomic mass is 16.4. The van der Waals surface area contributed by atoms with E-state index >= 15 is 0 Å². The predicted octanol–water partition coefficient (Wildman–Crippen LogP) is 0.600. The van der Waals surface area contributed by atoms with Crippen molar-refractivity contribution in [1.29, 1.82) is 0 Å². The molecule has 0 aliphatic carbocycles. The molecule has 0 aromatic rings. The SMILES string of the molecule is CCC(C)(NC(C)(C)CO)C(=O)O. The van der Waals surface area contributed by atoms with Gasteiger partial charge in [-0.1, -0.05) is 6.92 Å². The molecule has 1 unspecified atom stereocenters. The maximum atomic E-state index is 10.9. The summed E-state index contributed by atoms with van der Waals surface area (Å²) in [4.78, 5) is 10.9. The number of aliphatic carboxylic acids is 1. The number of hydrogen-bond acceptors (Lipinski definition) is 3. The van der Waals surface area contributed by atoms with Crippen LogP contribution >= 0.6 is 0 Å². The zero-order valence-electron chi connectivity index (χ0n) is 8.72. The Morgan fingerprint density at radius 2 is 1.85 bits per heavy atom. The fraction of sp³-hybridized carbons (Fsp3) is 0.889. The van der Waals surface area contributed by atoms with Crippen LogP contribution in [0.2, 0.25) is 0 Å². The molecule has 0 radical (unpaired) electrons. The van der Waals surface area contributed by atoms with Crippen molar-refractivity contribution in [3.05, 3.63) is 0 Å². The molecule has 0 aromatic carbocycles. The molecule has 0 bridgehead atoms. The van der Waals surface area contributed by atoms with Gasteiger partial charge >= 0.3 is 5.97 Å². The molecule has 0 saturated carbocycles.